The lowest BCUT2D eigenvalue weighted by Gasteiger charge is -2.11. The van der Waals surface area contributed by atoms with Crippen LogP contribution in [0.2, 0.25) is 0 Å². The van der Waals surface area contributed by atoms with Crippen LogP contribution < -0.4 is 9.47 Å². The molecule has 0 saturated carbocycles. The van der Waals surface area contributed by atoms with Crippen LogP contribution in [0.3, 0.4) is 0 Å². The van der Waals surface area contributed by atoms with E-state index < -0.39 is 0 Å². The van der Waals surface area contributed by atoms with Gasteiger partial charge in [-0.1, -0.05) is 0 Å². The van der Waals surface area contributed by atoms with Gasteiger partial charge in [-0.2, -0.15) is 5.10 Å². The van der Waals surface area contributed by atoms with E-state index in [4.69, 9.17) is 9.47 Å². The summed E-state index contributed by atoms with van der Waals surface area (Å²) in [5.74, 6) is 1.36. The third kappa shape index (κ3) is 2.64. The number of rotatable bonds is 2. The molecule has 0 aliphatic carbocycles. The van der Waals surface area contributed by atoms with E-state index in [1.54, 1.807) is 36.9 Å². The molecular formula is C16H19N3O3. The monoisotopic (exact) mass is 301 g/mol. The van der Waals surface area contributed by atoms with Crippen molar-refractivity contribution in [3.05, 3.63) is 30.0 Å². The Morgan fingerprint density at radius 1 is 1.23 bits per heavy atom. The Morgan fingerprint density at radius 3 is 2.68 bits per heavy atom. The molecule has 6 heteroatoms. The number of carbonyl (C=O) groups excluding carboxylic acids is 1. The molecule has 2 aromatic rings. The lowest BCUT2D eigenvalue weighted by atomic mass is 10.1. The molecule has 1 aliphatic heterocycles. The standard InChI is InChI=1S/C16H19N3O3/c1-18(2)16(20)12-10-19(3)17-15(12)11-5-6-13-14(9-11)22-8-4-7-21-13/h5-6,9-10H,4,7-8H2,1-3H3. The SMILES string of the molecule is CN(C)C(=O)c1cn(C)nc1-c1ccc2c(c1)OCCCO2. The summed E-state index contributed by atoms with van der Waals surface area (Å²) in [4.78, 5) is 13.9. The van der Waals surface area contributed by atoms with Crippen molar-refractivity contribution in [2.45, 2.75) is 6.42 Å². The highest BCUT2D eigenvalue weighted by Crippen LogP contribution is 2.34. The van der Waals surface area contributed by atoms with E-state index in [9.17, 15) is 4.79 Å². The van der Waals surface area contributed by atoms with Crippen LogP contribution in [0.4, 0.5) is 0 Å². The van der Waals surface area contributed by atoms with Crippen molar-refractivity contribution < 1.29 is 14.3 Å². The molecule has 0 spiro atoms. The van der Waals surface area contributed by atoms with Gasteiger partial charge in [0.1, 0.15) is 5.69 Å². The molecule has 0 saturated heterocycles. The molecule has 2 heterocycles. The second kappa shape index (κ2) is 5.71. The molecule has 0 N–H and O–H groups in total. The molecule has 116 valence electrons. The highest BCUT2D eigenvalue weighted by atomic mass is 16.5. The highest BCUT2D eigenvalue weighted by molar-refractivity contribution is 5.99. The van der Waals surface area contributed by atoms with Crippen LogP contribution in [0.25, 0.3) is 11.3 Å². The first kappa shape index (κ1) is 14.4. The average Bonchev–Trinajstić information content (AvgIpc) is 2.73. The highest BCUT2D eigenvalue weighted by Gasteiger charge is 2.20. The molecule has 1 amide bonds. The maximum atomic E-state index is 12.3. The summed E-state index contributed by atoms with van der Waals surface area (Å²) in [6.07, 6.45) is 2.60. The molecule has 1 aromatic carbocycles. The summed E-state index contributed by atoms with van der Waals surface area (Å²) in [5, 5.41) is 4.43. The van der Waals surface area contributed by atoms with Crippen LogP contribution >= 0.6 is 0 Å². The maximum absolute atomic E-state index is 12.3. The number of hydrogen-bond acceptors (Lipinski definition) is 4. The Bertz CT molecular complexity index is 707. The fourth-order valence-corrected chi connectivity index (χ4v) is 2.41. The first-order valence-electron chi connectivity index (χ1n) is 7.21. The lowest BCUT2D eigenvalue weighted by molar-refractivity contribution is 0.0828. The van der Waals surface area contributed by atoms with Crippen molar-refractivity contribution in [1.82, 2.24) is 14.7 Å². The van der Waals surface area contributed by atoms with Gasteiger partial charge in [0, 0.05) is 39.3 Å². The molecule has 22 heavy (non-hydrogen) atoms. The predicted octanol–water partition coefficient (Wildman–Crippen LogP) is 1.95. The molecule has 0 atom stereocenters. The minimum Gasteiger partial charge on any atom is -0.490 e. The van der Waals surface area contributed by atoms with E-state index in [1.165, 1.54) is 0 Å². The number of amides is 1. The van der Waals surface area contributed by atoms with Crippen LogP contribution in [0.1, 0.15) is 16.8 Å². The predicted molar refractivity (Wildman–Crippen MR) is 82.3 cm³/mol. The van der Waals surface area contributed by atoms with Crippen LogP contribution in [-0.4, -0.2) is 47.9 Å². The van der Waals surface area contributed by atoms with Gasteiger partial charge in [0.2, 0.25) is 0 Å². The number of fused-ring (bicyclic) bond motifs is 1. The Balaban J connectivity index is 2.05. The third-order valence-electron chi connectivity index (χ3n) is 3.49. The van der Waals surface area contributed by atoms with Gasteiger partial charge < -0.3 is 14.4 Å². The fraction of sp³-hybridized carbons (Fsp3) is 0.375. The van der Waals surface area contributed by atoms with E-state index in [0.717, 1.165) is 17.7 Å². The van der Waals surface area contributed by atoms with Gasteiger partial charge >= 0.3 is 0 Å². The minimum atomic E-state index is -0.0739. The van der Waals surface area contributed by atoms with E-state index in [2.05, 4.69) is 5.10 Å². The van der Waals surface area contributed by atoms with Crippen molar-refractivity contribution in [3.8, 4) is 22.8 Å². The van der Waals surface area contributed by atoms with E-state index in [0.29, 0.717) is 30.2 Å². The lowest BCUT2D eigenvalue weighted by Crippen LogP contribution is -2.21. The summed E-state index contributed by atoms with van der Waals surface area (Å²) in [6.45, 7) is 1.28. The Kier molecular flexibility index (Phi) is 3.75. The van der Waals surface area contributed by atoms with Gasteiger partial charge in [-0.25, -0.2) is 0 Å². The molecule has 1 aromatic heterocycles. The second-order valence-electron chi connectivity index (χ2n) is 5.48. The molecule has 0 radical (unpaired) electrons. The normalized spacial score (nSPS) is 13.6. The van der Waals surface area contributed by atoms with Gasteiger partial charge in [0.25, 0.3) is 5.91 Å². The average molecular weight is 301 g/mol. The number of hydrogen-bond donors (Lipinski definition) is 0. The Morgan fingerprint density at radius 2 is 1.95 bits per heavy atom. The number of ether oxygens (including phenoxy) is 2. The smallest absolute Gasteiger partial charge is 0.257 e. The number of carbonyl (C=O) groups is 1. The van der Waals surface area contributed by atoms with Crippen LogP contribution in [0.15, 0.2) is 24.4 Å². The number of benzene rings is 1. The van der Waals surface area contributed by atoms with Crippen molar-refractivity contribution >= 4 is 5.91 Å². The molecule has 0 bridgehead atoms. The zero-order valence-electron chi connectivity index (χ0n) is 13.0. The van der Waals surface area contributed by atoms with Gasteiger partial charge in [0.15, 0.2) is 11.5 Å². The summed E-state index contributed by atoms with van der Waals surface area (Å²) >= 11 is 0. The Hall–Kier alpha value is -2.50. The quantitative estimate of drug-likeness (QED) is 0.851. The van der Waals surface area contributed by atoms with Crippen molar-refractivity contribution in [2.75, 3.05) is 27.3 Å². The largest absolute Gasteiger partial charge is 0.490 e. The Labute approximate surface area is 129 Å². The molecular weight excluding hydrogens is 282 g/mol. The topological polar surface area (TPSA) is 56.6 Å². The first-order valence-corrected chi connectivity index (χ1v) is 7.21. The molecule has 1 aliphatic rings. The molecule has 0 unspecified atom stereocenters. The fourth-order valence-electron chi connectivity index (χ4n) is 2.41. The van der Waals surface area contributed by atoms with Gasteiger partial charge in [-0.3, -0.25) is 9.48 Å². The third-order valence-corrected chi connectivity index (χ3v) is 3.49. The number of nitrogens with zero attached hydrogens (tertiary/aromatic N) is 3. The molecule has 3 rings (SSSR count). The molecule has 6 nitrogen and oxygen atoms in total. The van der Waals surface area contributed by atoms with Crippen LogP contribution in [-0.2, 0) is 7.05 Å². The summed E-state index contributed by atoms with van der Waals surface area (Å²) in [5.41, 5.74) is 2.06. The van der Waals surface area contributed by atoms with E-state index in [1.807, 2.05) is 18.2 Å². The van der Waals surface area contributed by atoms with E-state index in [-0.39, 0.29) is 5.91 Å². The summed E-state index contributed by atoms with van der Waals surface area (Å²) < 4.78 is 13.0. The van der Waals surface area contributed by atoms with Gasteiger partial charge in [-0.15, -0.1) is 0 Å². The number of aryl methyl sites for hydroxylation is 1. The van der Waals surface area contributed by atoms with Gasteiger partial charge in [-0.05, 0) is 18.2 Å². The first-order chi connectivity index (χ1) is 10.6. The van der Waals surface area contributed by atoms with Crippen molar-refractivity contribution in [2.24, 2.45) is 7.05 Å². The van der Waals surface area contributed by atoms with E-state index >= 15 is 0 Å². The summed E-state index contributed by atoms with van der Waals surface area (Å²) in [6, 6.07) is 5.66. The van der Waals surface area contributed by atoms with Crippen molar-refractivity contribution in [3.63, 3.8) is 0 Å². The zero-order valence-corrected chi connectivity index (χ0v) is 13.0. The van der Waals surface area contributed by atoms with Crippen LogP contribution in [0.5, 0.6) is 11.5 Å². The van der Waals surface area contributed by atoms with Crippen molar-refractivity contribution in [1.29, 1.82) is 0 Å². The maximum Gasteiger partial charge on any atom is 0.257 e. The number of aromatic nitrogens is 2. The molecule has 0 fully saturated rings. The minimum absolute atomic E-state index is 0.0739. The van der Waals surface area contributed by atoms with Crippen LogP contribution in [0, 0.1) is 0 Å². The zero-order chi connectivity index (χ0) is 15.7. The second-order valence-corrected chi connectivity index (χ2v) is 5.48. The summed E-state index contributed by atoms with van der Waals surface area (Å²) in [7, 11) is 5.26. The van der Waals surface area contributed by atoms with Gasteiger partial charge in [0.05, 0.1) is 18.8 Å².